The van der Waals surface area contributed by atoms with E-state index in [2.05, 4.69) is 5.32 Å². The van der Waals surface area contributed by atoms with Gasteiger partial charge in [0.2, 0.25) is 0 Å². The fraction of sp³-hybridized carbons (Fsp3) is 0.533. The molecule has 0 aliphatic heterocycles. The van der Waals surface area contributed by atoms with Gasteiger partial charge in [0, 0.05) is 23.5 Å². The molecule has 1 amide bonds. The number of aliphatic hydroxyl groups excluding tert-OH is 1. The average molecular weight is 315 g/mol. The number of amides is 1. The van der Waals surface area contributed by atoms with E-state index in [-0.39, 0.29) is 34.9 Å². The molecule has 1 aliphatic carbocycles. The van der Waals surface area contributed by atoms with Crippen molar-refractivity contribution in [2.24, 2.45) is 5.92 Å². The van der Waals surface area contributed by atoms with Gasteiger partial charge in [-0.25, -0.2) is 0 Å². The van der Waals surface area contributed by atoms with Crippen LogP contribution in [0.4, 0.5) is 8.78 Å². The van der Waals surface area contributed by atoms with E-state index in [0.29, 0.717) is 11.8 Å². The first-order valence-corrected chi connectivity index (χ1v) is 7.95. The summed E-state index contributed by atoms with van der Waals surface area (Å²) in [5.41, 5.74) is 0.269. The lowest BCUT2D eigenvalue weighted by Crippen LogP contribution is -2.43. The Morgan fingerprint density at radius 3 is 2.76 bits per heavy atom. The summed E-state index contributed by atoms with van der Waals surface area (Å²) in [6, 6.07) is 6.29. The van der Waals surface area contributed by atoms with Crippen LogP contribution in [-0.2, 0) is 0 Å². The minimum atomic E-state index is -2.56. The number of carbonyl (C=O) groups excluding carboxylic acids is 1. The Labute approximate surface area is 127 Å². The molecule has 2 unspecified atom stereocenters. The number of rotatable bonds is 5. The maximum Gasteiger partial charge on any atom is 0.288 e. The molecule has 0 radical (unpaired) electrons. The lowest BCUT2D eigenvalue weighted by Gasteiger charge is -2.31. The quantitative estimate of drug-likeness (QED) is 0.820. The van der Waals surface area contributed by atoms with E-state index in [1.54, 1.807) is 18.2 Å². The van der Waals surface area contributed by atoms with Crippen molar-refractivity contribution in [3.8, 4) is 0 Å². The largest absolute Gasteiger partial charge is 0.396 e. The Balaban J connectivity index is 2.09. The zero-order valence-corrected chi connectivity index (χ0v) is 12.4. The number of aliphatic hydroxyl groups is 1. The lowest BCUT2D eigenvalue weighted by molar-refractivity contribution is 0.0869. The molecule has 1 aromatic rings. The number of thioether (sulfide) groups is 1. The summed E-state index contributed by atoms with van der Waals surface area (Å²) < 4.78 is 25.1. The summed E-state index contributed by atoms with van der Waals surface area (Å²) in [7, 11) is 0. The third-order valence-electron chi connectivity index (χ3n) is 3.81. The van der Waals surface area contributed by atoms with Crippen molar-refractivity contribution in [1.82, 2.24) is 5.32 Å². The highest BCUT2D eigenvalue weighted by molar-refractivity contribution is 7.99. The molecule has 1 saturated carbocycles. The fourth-order valence-corrected chi connectivity index (χ4v) is 3.35. The first-order valence-electron chi connectivity index (χ1n) is 7.07. The van der Waals surface area contributed by atoms with Gasteiger partial charge in [0.1, 0.15) is 0 Å². The molecule has 6 heteroatoms. The minimum Gasteiger partial charge on any atom is -0.396 e. The summed E-state index contributed by atoms with van der Waals surface area (Å²) in [6.45, 7) is 0.0401. The van der Waals surface area contributed by atoms with Gasteiger partial charge in [0.05, 0.1) is 5.56 Å². The highest BCUT2D eigenvalue weighted by Gasteiger charge is 2.27. The number of hydrogen-bond donors (Lipinski definition) is 2. The highest BCUT2D eigenvalue weighted by atomic mass is 32.2. The molecule has 0 saturated heterocycles. The van der Waals surface area contributed by atoms with Crippen LogP contribution in [0.25, 0.3) is 0 Å². The second-order valence-corrected chi connectivity index (χ2v) is 6.21. The van der Waals surface area contributed by atoms with Crippen LogP contribution in [0.3, 0.4) is 0 Å². The Bertz CT molecular complexity index is 484. The van der Waals surface area contributed by atoms with Gasteiger partial charge in [0.25, 0.3) is 11.7 Å². The summed E-state index contributed by atoms with van der Waals surface area (Å²) in [5.74, 6) is -2.85. The van der Waals surface area contributed by atoms with Crippen molar-refractivity contribution >= 4 is 17.7 Å². The number of halogens is 2. The summed E-state index contributed by atoms with van der Waals surface area (Å²) in [4.78, 5) is 12.6. The van der Waals surface area contributed by atoms with Crippen LogP contribution < -0.4 is 5.32 Å². The SMILES string of the molecule is O=C(NC1CCCCC1CO)c1ccccc1SC(F)F. The predicted molar refractivity (Wildman–Crippen MR) is 78.6 cm³/mol. The van der Waals surface area contributed by atoms with Crippen molar-refractivity contribution in [1.29, 1.82) is 0 Å². The van der Waals surface area contributed by atoms with Crippen LogP contribution >= 0.6 is 11.8 Å². The first kappa shape index (κ1) is 16.2. The molecule has 3 nitrogen and oxygen atoms in total. The van der Waals surface area contributed by atoms with Crippen LogP contribution in [0.15, 0.2) is 29.2 Å². The van der Waals surface area contributed by atoms with Gasteiger partial charge in [-0.05, 0) is 25.0 Å². The molecule has 0 spiro atoms. The van der Waals surface area contributed by atoms with Crippen LogP contribution in [-0.4, -0.2) is 29.4 Å². The molecule has 1 fully saturated rings. The number of carbonyl (C=O) groups is 1. The molecule has 116 valence electrons. The van der Waals surface area contributed by atoms with Crippen molar-refractivity contribution < 1.29 is 18.7 Å². The van der Waals surface area contributed by atoms with Crippen molar-refractivity contribution in [2.75, 3.05) is 6.61 Å². The summed E-state index contributed by atoms with van der Waals surface area (Å²) in [6.07, 6.45) is 3.76. The molecular formula is C15H19F2NO2S. The van der Waals surface area contributed by atoms with Gasteiger partial charge in [-0.2, -0.15) is 8.78 Å². The number of alkyl halides is 2. The smallest absolute Gasteiger partial charge is 0.288 e. The fourth-order valence-electron chi connectivity index (χ4n) is 2.72. The monoisotopic (exact) mass is 315 g/mol. The standard InChI is InChI=1S/C15H19F2NO2S/c16-15(17)21-13-8-4-2-6-11(13)14(20)18-12-7-3-1-5-10(12)9-19/h2,4,6,8,10,12,15,19H,1,3,5,7,9H2,(H,18,20). The van der Waals surface area contributed by atoms with Crippen LogP contribution in [0.1, 0.15) is 36.0 Å². The van der Waals surface area contributed by atoms with Gasteiger partial charge in [-0.15, -0.1) is 0 Å². The van der Waals surface area contributed by atoms with E-state index >= 15 is 0 Å². The molecule has 0 aromatic heterocycles. The minimum absolute atomic E-state index is 0.0401. The van der Waals surface area contributed by atoms with Gasteiger partial charge >= 0.3 is 0 Å². The summed E-state index contributed by atoms with van der Waals surface area (Å²) in [5, 5.41) is 12.3. The molecular weight excluding hydrogens is 296 g/mol. The zero-order valence-electron chi connectivity index (χ0n) is 11.6. The Hall–Kier alpha value is -1.14. The predicted octanol–water partition coefficient (Wildman–Crippen LogP) is 3.28. The zero-order chi connectivity index (χ0) is 15.2. The van der Waals surface area contributed by atoms with Crippen LogP contribution in [0.2, 0.25) is 0 Å². The molecule has 0 bridgehead atoms. The van der Waals surface area contributed by atoms with Crippen LogP contribution in [0, 0.1) is 5.92 Å². The molecule has 1 aliphatic rings. The van der Waals surface area contributed by atoms with Crippen molar-refractivity contribution in [3.63, 3.8) is 0 Å². The van der Waals surface area contributed by atoms with E-state index in [4.69, 9.17) is 0 Å². The van der Waals surface area contributed by atoms with Crippen molar-refractivity contribution in [2.45, 2.75) is 42.4 Å². The number of hydrogen-bond acceptors (Lipinski definition) is 3. The maximum absolute atomic E-state index is 12.5. The number of benzene rings is 1. The van der Waals surface area contributed by atoms with Gasteiger partial charge in [-0.3, -0.25) is 4.79 Å². The molecule has 21 heavy (non-hydrogen) atoms. The molecule has 0 heterocycles. The average Bonchev–Trinajstić information content (AvgIpc) is 2.47. The van der Waals surface area contributed by atoms with Crippen LogP contribution in [0.5, 0.6) is 0 Å². The first-order chi connectivity index (χ1) is 10.1. The molecule has 2 atom stereocenters. The Kier molecular flexibility index (Phi) is 5.99. The molecule has 2 rings (SSSR count). The summed E-state index contributed by atoms with van der Waals surface area (Å²) >= 11 is 0.378. The van der Waals surface area contributed by atoms with Gasteiger partial charge in [-0.1, -0.05) is 36.7 Å². The third kappa shape index (κ3) is 4.41. The van der Waals surface area contributed by atoms with E-state index < -0.39 is 5.76 Å². The lowest BCUT2D eigenvalue weighted by atomic mass is 9.85. The Morgan fingerprint density at radius 1 is 1.33 bits per heavy atom. The topological polar surface area (TPSA) is 49.3 Å². The molecule has 1 aromatic carbocycles. The van der Waals surface area contributed by atoms with Gasteiger partial charge < -0.3 is 10.4 Å². The highest BCUT2D eigenvalue weighted by Crippen LogP contribution is 2.29. The van der Waals surface area contributed by atoms with E-state index in [1.807, 2.05) is 0 Å². The second-order valence-electron chi connectivity index (χ2n) is 5.18. The van der Waals surface area contributed by atoms with Gasteiger partial charge in [0.15, 0.2) is 0 Å². The van der Waals surface area contributed by atoms with E-state index in [1.165, 1.54) is 6.07 Å². The number of nitrogens with one attached hydrogen (secondary N) is 1. The van der Waals surface area contributed by atoms with E-state index in [0.717, 1.165) is 25.7 Å². The van der Waals surface area contributed by atoms with E-state index in [9.17, 15) is 18.7 Å². The normalized spacial score (nSPS) is 22.3. The third-order valence-corrected chi connectivity index (χ3v) is 4.60. The Morgan fingerprint density at radius 2 is 2.05 bits per heavy atom. The second kappa shape index (κ2) is 7.75. The van der Waals surface area contributed by atoms with Crippen molar-refractivity contribution in [3.05, 3.63) is 29.8 Å². The molecule has 2 N–H and O–H groups in total. The maximum atomic E-state index is 12.5.